The van der Waals surface area contributed by atoms with E-state index in [2.05, 4.69) is 20.8 Å². The number of nitrogens with two attached hydrogens (primary N) is 1. The smallest absolute Gasteiger partial charge is 0.224 e. The predicted octanol–water partition coefficient (Wildman–Crippen LogP) is 3.69. The third-order valence-electron chi connectivity index (χ3n) is 3.39. The van der Waals surface area contributed by atoms with E-state index in [0.29, 0.717) is 6.42 Å². The molecule has 1 amide bonds. The fourth-order valence-corrected chi connectivity index (χ4v) is 2.37. The summed E-state index contributed by atoms with van der Waals surface area (Å²) in [6.45, 7) is 12.4. The van der Waals surface area contributed by atoms with Gasteiger partial charge < -0.3 is 10.8 Å². The number of benzene rings is 1. The van der Waals surface area contributed by atoms with Gasteiger partial charge in [0.1, 0.15) is 5.75 Å². The Bertz CT molecular complexity index is 493. The largest absolute Gasteiger partial charge is 0.508 e. The van der Waals surface area contributed by atoms with E-state index in [1.54, 1.807) is 12.1 Å². The zero-order valence-corrected chi connectivity index (χ0v) is 13.4. The van der Waals surface area contributed by atoms with Crippen LogP contribution in [0.5, 0.6) is 5.75 Å². The van der Waals surface area contributed by atoms with Gasteiger partial charge in [-0.2, -0.15) is 0 Å². The molecule has 0 bridgehead atoms. The number of aromatic hydroxyl groups is 1. The molecule has 0 saturated carbocycles. The molecule has 3 heteroatoms. The van der Waals surface area contributed by atoms with E-state index in [0.717, 1.165) is 11.1 Å². The Balaban J connectivity index is 3.26. The molecule has 0 fully saturated rings. The van der Waals surface area contributed by atoms with E-state index in [-0.39, 0.29) is 28.4 Å². The number of amides is 1. The molecule has 0 aliphatic carbocycles. The maximum atomic E-state index is 11.8. The molecule has 0 heterocycles. The summed E-state index contributed by atoms with van der Waals surface area (Å²) in [4.78, 5) is 11.8. The summed E-state index contributed by atoms with van der Waals surface area (Å²) in [6.07, 6.45) is 0.691. The highest BCUT2D eigenvalue weighted by Crippen LogP contribution is 2.36. The average Bonchev–Trinajstić information content (AvgIpc) is 2.23. The van der Waals surface area contributed by atoms with Crippen LogP contribution in [0, 0.1) is 5.41 Å². The molecule has 0 radical (unpaired) electrons. The minimum atomic E-state index is -0.323. The van der Waals surface area contributed by atoms with Gasteiger partial charge in [-0.25, -0.2) is 0 Å². The summed E-state index contributed by atoms with van der Waals surface area (Å²) in [6, 6.07) is 5.37. The second kappa shape index (κ2) is 5.47. The summed E-state index contributed by atoms with van der Waals surface area (Å²) < 4.78 is 0. The zero-order valence-electron chi connectivity index (χ0n) is 13.4. The molecule has 1 unspecified atom stereocenters. The van der Waals surface area contributed by atoms with Gasteiger partial charge in [-0.3, -0.25) is 4.79 Å². The average molecular weight is 277 g/mol. The van der Waals surface area contributed by atoms with Crippen molar-refractivity contribution < 1.29 is 9.90 Å². The zero-order chi connectivity index (χ0) is 15.7. The molecule has 0 saturated heterocycles. The lowest BCUT2D eigenvalue weighted by atomic mass is 9.78. The fourth-order valence-electron chi connectivity index (χ4n) is 2.37. The lowest BCUT2D eigenvalue weighted by Gasteiger charge is -2.26. The Morgan fingerprint density at radius 3 is 2.15 bits per heavy atom. The molecule has 1 aromatic carbocycles. The lowest BCUT2D eigenvalue weighted by Crippen LogP contribution is -2.26. The van der Waals surface area contributed by atoms with Gasteiger partial charge in [0.15, 0.2) is 0 Å². The number of rotatable bonds is 3. The van der Waals surface area contributed by atoms with Gasteiger partial charge in [0.25, 0.3) is 0 Å². The first-order valence-electron chi connectivity index (χ1n) is 7.04. The van der Waals surface area contributed by atoms with Crippen molar-refractivity contribution in [1.29, 1.82) is 0 Å². The highest BCUT2D eigenvalue weighted by Gasteiger charge is 2.27. The number of primary amides is 1. The van der Waals surface area contributed by atoms with Gasteiger partial charge in [-0.1, -0.05) is 53.7 Å². The van der Waals surface area contributed by atoms with Crippen LogP contribution in [0.4, 0.5) is 0 Å². The van der Waals surface area contributed by atoms with Crippen LogP contribution in [-0.2, 0) is 10.2 Å². The molecule has 0 spiro atoms. The second-order valence-corrected chi connectivity index (χ2v) is 7.75. The fraction of sp³-hybridized carbons (Fsp3) is 0.588. The number of phenolic OH excluding ortho intramolecular Hbond substituents is 1. The van der Waals surface area contributed by atoms with Crippen molar-refractivity contribution in [1.82, 2.24) is 0 Å². The van der Waals surface area contributed by atoms with Crippen LogP contribution >= 0.6 is 0 Å². The van der Waals surface area contributed by atoms with Crippen LogP contribution in [0.1, 0.15) is 65.0 Å². The van der Waals surface area contributed by atoms with E-state index < -0.39 is 0 Å². The molecule has 1 aromatic rings. The van der Waals surface area contributed by atoms with Crippen LogP contribution in [0.2, 0.25) is 0 Å². The summed E-state index contributed by atoms with van der Waals surface area (Å²) in [7, 11) is 0. The number of hydrogen-bond donors (Lipinski definition) is 2. The van der Waals surface area contributed by atoms with Crippen molar-refractivity contribution in [2.45, 2.75) is 59.3 Å². The highest BCUT2D eigenvalue weighted by molar-refractivity contribution is 5.82. The standard InChI is InChI=1S/C17H27NO2/c1-16(2,3)10-12(15(18)20)11-7-8-14(19)13(9-11)17(4,5)6/h7-9,12,19H,10H2,1-6H3,(H2,18,20). The van der Waals surface area contributed by atoms with E-state index in [4.69, 9.17) is 5.73 Å². The van der Waals surface area contributed by atoms with Crippen LogP contribution in [-0.4, -0.2) is 11.0 Å². The van der Waals surface area contributed by atoms with Crippen LogP contribution < -0.4 is 5.73 Å². The minimum absolute atomic E-state index is 0.0134. The van der Waals surface area contributed by atoms with Crippen molar-refractivity contribution in [3.8, 4) is 5.75 Å². The van der Waals surface area contributed by atoms with Gasteiger partial charge in [-0.05, 0) is 34.4 Å². The van der Waals surface area contributed by atoms with Crippen molar-refractivity contribution in [3.63, 3.8) is 0 Å². The third-order valence-corrected chi connectivity index (χ3v) is 3.39. The van der Waals surface area contributed by atoms with Gasteiger partial charge in [0.05, 0.1) is 5.92 Å². The Morgan fingerprint density at radius 2 is 1.75 bits per heavy atom. The SMILES string of the molecule is CC(C)(C)CC(C(N)=O)c1ccc(O)c(C(C)(C)C)c1. The molecule has 3 nitrogen and oxygen atoms in total. The normalized spacial score (nSPS) is 14.1. The number of carbonyl (C=O) groups excluding carboxylic acids is 1. The molecular formula is C17H27NO2. The molecule has 0 aliphatic rings. The summed E-state index contributed by atoms with van der Waals surface area (Å²) in [5.41, 5.74) is 7.14. The maximum Gasteiger partial charge on any atom is 0.224 e. The van der Waals surface area contributed by atoms with Crippen molar-refractivity contribution in [2.75, 3.05) is 0 Å². The molecule has 0 aromatic heterocycles. The van der Waals surface area contributed by atoms with E-state index >= 15 is 0 Å². The molecular weight excluding hydrogens is 250 g/mol. The van der Waals surface area contributed by atoms with Crippen molar-refractivity contribution in [2.24, 2.45) is 11.1 Å². The number of carbonyl (C=O) groups is 1. The first-order valence-corrected chi connectivity index (χ1v) is 7.04. The first-order chi connectivity index (χ1) is 8.92. The van der Waals surface area contributed by atoms with E-state index in [9.17, 15) is 9.90 Å². The van der Waals surface area contributed by atoms with E-state index in [1.165, 1.54) is 0 Å². The number of hydrogen-bond acceptors (Lipinski definition) is 2. The molecule has 20 heavy (non-hydrogen) atoms. The Morgan fingerprint density at radius 1 is 1.20 bits per heavy atom. The highest BCUT2D eigenvalue weighted by atomic mass is 16.3. The first kappa shape index (κ1) is 16.5. The summed E-state index contributed by atoms with van der Waals surface area (Å²) >= 11 is 0. The summed E-state index contributed by atoms with van der Waals surface area (Å²) in [5, 5.41) is 10.0. The molecule has 3 N–H and O–H groups in total. The van der Waals surface area contributed by atoms with E-state index in [1.807, 2.05) is 26.8 Å². The van der Waals surface area contributed by atoms with Gasteiger partial charge >= 0.3 is 0 Å². The van der Waals surface area contributed by atoms with Crippen LogP contribution in [0.3, 0.4) is 0 Å². The van der Waals surface area contributed by atoms with Crippen LogP contribution in [0.25, 0.3) is 0 Å². The Labute approximate surface area is 122 Å². The molecule has 1 atom stereocenters. The molecule has 1 rings (SSSR count). The number of phenols is 1. The predicted molar refractivity (Wildman–Crippen MR) is 82.8 cm³/mol. The van der Waals surface area contributed by atoms with Gasteiger partial charge in [-0.15, -0.1) is 0 Å². The maximum absolute atomic E-state index is 11.8. The third kappa shape index (κ3) is 4.26. The molecule has 112 valence electrons. The quantitative estimate of drug-likeness (QED) is 0.885. The monoisotopic (exact) mass is 277 g/mol. The molecule has 0 aliphatic heterocycles. The van der Waals surface area contributed by atoms with Crippen molar-refractivity contribution in [3.05, 3.63) is 29.3 Å². The lowest BCUT2D eigenvalue weighted by molar-refractivity contribution is -0.120. The van der Waals surface area contributed by atoms with Crippen LogP contribution in [0.15, 0.2) is 18.2 Å². The summed E-state index contributed by atoms with van der Waals surface area (Å²) in [5.74, 6) is -0.373. The second-order valence-electron chi connectivity index (χ2n) is 7.75. The Kier molecular flexibility index (Phi) is 4.52. The van der Waals surface area contributed by atoms with Crippen molar-refractivity contribution >= 4 is 5.91 Å². The minimum Gasteiger partial charge on any atom is -0.508 e. The van der Waals surface area contributed by atoms with Gasteiger partial charge in [0, 0.05) is 0 Å². The topological polar surface area (TPSA) is 63.3 Å². The van der Waals surface area contributed by atoms with Gasteiger partial charge in [0.2, 0.25) is 5.91 Å². The Hall–Kier alpha value is -1.51.